The zero-order valence-corrected chi connectivity index (χ0v) is 9.14. The van der Waals surface area contributed by atoms with E-state index in [0.29, 0.717) is 6.61 Å². The maximum absolute atomic E-state index is 9.39. The molecule has 1 unspecified atom stereocenters. The molecule has 1 saturated heterocycles. The molecular formula is C10H15NO2S. The van der Waals surface area contributed by atoms with Crippen LogP contribution in [0.3, 0.4) is 0 Å². The number of nitrogens with zero attached hydrogens (tertiary/aromatic N) is 1. The summed E-state index contributed by atoms with van der Waals surface area (Å²) >= 11 is 1.71. The number of hydrogen-bond donors (Lipinski definition) is 1. The highest BCUT2D eigenvalue weighted by molar-refractivity contribution is 7.11. The maximum atomic E-state index is 9.39. The van der Waals surface area contributed by atoms with E-state index in [-0.39, 0.29) is 12.0 Å². The highest BCUT2D eigenvalue weighted by Crippen LogP contribution is 2.33. The van der Waals surface area contributed by atoms with Gasteiger partial charge in [0.25, 0.3) is 0 Å². The minimum atomic E-state index is -0.0427. The van der Waals surface area contributed by atoms with Crippen molar-refractivity contribution in [3.8, 4) is 0 Å². The van der Waals surface area contributed by atoms with Gasteiger partial charge in [-0.05, 0) is 19.8 Å². The minimum Gasteiger partial charge on any atom is -0.396 e. The first-order valence-corrected chi connectivity index (χ1v) is 5.66. The Morgan fingerprint density at radius 2 is 2.57 bits per heavy atom. The molecule has 1 N–H and O–H groups in total. The van der Waals surface area contributed by atoms with Gasteiger partial charge in [-0.15, -0.1) is 11.3 Å². The average molecular weight is 213 g/mol. The van der Waals surface area contributed by atoms with Crippen LogP contribution in [0.5, 0.6) is 0 Å². The normalized spacial score (nSPS) is 27.0. The Morgan fingerprint density at radius 1 is 1.71 bits per heavy atom. The number of hydrogen-bond acceptors (Lipinski definition) is 4. The van der Waals surface area contributed by atoms with Crippen LogP contribution in [-0.2, 0) is 11.2 Å². The third-order valence-electron chi connectivity index (χ3n) is 2.74. The van der Waals surface area contributed by atoms with Crippen molar-refractivity contribution in [1.82, 2.24) is 4.98 Å². The molecule has 1 aliphatic rings. The molecule has 1 aliphatic heterocycles. The maximum Gasteiger partial charge on any atom is 0.0896 e. The largest absolute Gasteiger partial charge is 0.396 e. The second kappa shape index (κ2) is 3.96. The van der Waals surface area contributed by atoms with Crippen LogP contribution >= 0.6 is 11.3 Å². The number of aryl methyl sites for hydroxylation is 1. The van der Waals surface area contributed by atoms with Crippen LogP contribution < -0.4 is 0 Å². The van der Waals surface area contributed by atoms with E-state index in [1.165, 1.54) is 4.88 Å². The lowest BCUT2D eigenvalue weighted by Gasteiger charge is -2.23. The number of aromatic nitrogens is 1. The standard InChI is InChI=1S/C10H15NO2S/c1-8-11-5-9(14-8)4-10(6-12)2-3-13-7-10/h5,12H,2-4,6-7H2,1H3. The van der Waals surface area contributed by atoms with Crippen LogP contribution in [0.4, 0.5) is 0 Å². The van der Waals surface area contributed by atoms with Crippen molar-refractivity contribution in [2.24, 2.45) is 5.41 Å². The molecule has 0 aliphatic carbocycles. The summed E-state index contributed by atoms with van der Waals surface area (Å²) in [7, 11) is 0. The van der Waals surface area contributed by atoms with Crippen molar-refractivity contribution in [3.63, 3.8) is 0 Å². The predicted octanol–water partition coefficient (Wildman–Crippen LogP) is 1.39. The van der Waals surface area contributed by atoms with Crippen LogP contribution in [0.25, 0.3) is 0 Å². The van der Waals surface area contributed by atoms with Crippen molar-refractivity contribution in [3.05, 3.63) is 16.1 Å². The van der Waals surface area contributed by atoms with Gasteiger partial charge < -0.3 is 9.84 Å². The zero-order valence-electron chi connectivity index (χ0n) is 8.32. The summed E-state index contributed by atoms with van der Waals surface area (Å²) < 4.78 is 5.35. The van der Waals surface area contributed by atoms with Gasteiger partial charge in [-0.3, -0.25) is 0 Å². The zero-order chi connectivity index (χ0) is 10.0. The third-order valence-corrected chi connectivity index (χ3v) is 3.65. The Morgan fingerprint density at radius 3 is 3.07 bits per heavy atom. The fourth-order valence-electron chi connectivity index (χ4n) is 1.83. The van der Waals surface area contributed by atoms with E-state index >= 15 is 0 Å². The Kier molecular flexibility index (Phi) is 2.85. The van der Waals surface area contributed by atoms with Crippen LogP contribution in [0, 0.1) is 12.3 Å². The molecule has 3 nitrogen and oxygen atoms in total. The number of thiazole rings is 1. The monoisotopic (exact) mass is 213 g/mol. The molecule has 1 aromatic rings. The van der Waals surface area contributed by atoms with Crippen molar-refractivity contribution in [1.29, 1.82) is 0 Å². The Hall–Kier alpha value is -0.450. The molecule has 1 aromatic heterocycles. The molecular weight excluding hydrogens is 198 g/mol. The van der Waals surface area contributed by atoms with Gasteiger partial charge in [-0.2, -0.15) is 0 Å². The van der Waals surface area contributed by atoms with Crippen molar-refractivity contribution >= 4 is 11.3 Å². The Bertz CT molecular complexity index is 305. The van der Waals surface area contributed by atoms with Crippen LogP contribution in [0.2, 0.25) is 0 Å². The van der Waals surface area contributed by atoms with Gasteiger partial charge in [0.1, 0.15) is 0 Å². The van der Waals surface area contributed by atoms with E-state index in [2.05, 4.69) is 4.98 Å². The summed E-state index contributed by atoms with van der Waals surface area (Å²) in [6.07, 6.45) is 3.77. The summed E-state index contributed by atoms with van der Waals surface area (Å²) in [6.45, 7) is 3.67. The molecule has 0 radical (unpaired) electrons. The van der Waals surface area contributed by atoms with Gasteiger partial charge in [0, 0.05) is 23.1 Å². The van der Waals surface area contributed by atoms with E-state index in [1.807, 2.05) is 13.1 Å². The topological polar surface area (TPSA) is 42.4 Å². The molecule has 0 spiro atoms. The fraction of sp³-hybridized carbons (Fsp3) is 0.700. The molecule has 0 bridgehead atoms. The first-order chi connectivity index (χ1) is 6.74. The van der Waals surface area contributed by atoms with E-state index in [4.69, 9.17) is 4.74 Å². The van der Waals surface area contributed by atoms with Gasteiger partial charge in [-0.1, -0.05) is 0 Å². The predicted molar refractivity (Wildman–Crippen MR) is 55.5 cm³/mol. The second-order valence-corrected chi connectivity index (χ2v) is 5.30. The molecule has 1 fully saturated rings. The van der Waals surface area contributed by atoms with Crippen LogP contribution in [0.1, 0.15) is 16.3 Å². The van der Waals surface area contributed by atoms with Gasteiger partial charge in [0.05, 0.1) is 18.2 Å². The van der Waals surface area contributed by atoms with E-state index < -0.39 is 0 Å². The van der Waals surface area contributed by atoms with E-state index in [1.54, 1.807) is 11.3 Å². The average Bonchev–Trinajstić information content (AvgIpc) is 2.77. The Labute approximate surface area is 87.7 Å². The number of aliphatic hydroxyl groups is 1. The molecule has 0 saturated carbocycles. The van der Waals surface area contributed by atoms with Gasteiger partial charge in [-0.25, -0.2) is 4.98 Å². The fourth-order valence-corrected chi connectivity index (χ4v) is 2.79. The molecule has 78 valence electrons. The van der Waals surface area contributed by atoms with Crippen molar-refractivity contribution in [2.75, 3.05) is 19.8 Å². The lowest BCUT2D eigenvalue weighted by molar-refractivity contribution is 0.0941. The highest BCUT2D eigenvalue weighted by Gasteiger charge is 2.34. The lowest BCUT2D eigenvalue weighted by atomic mass is 9.84. The molecule has 1 atom stereocenters. The molecule has 14 heavy (non-hydrogen) atoms. The number of rotatable bonds is 3. The lowest BCUT2D eigenvalue weighted by Crippen LogP contribution is -2.28. The molecule has 2 rings (SSSR count). The first kappa shape index (κ1) is 10.1. The molecule has 2 heterocycles. The second-order valence-electron chi connectivity index (χ2n) is 3.98. The van der Waals surface area contributed by atoms with Crippen molar-refractivity contribution in [2.45, 2.75) is 19.8 Å². The first-order valence-electron chi connectivity index (χ1n) is 4.84. The third kappa shape index (κ3) is 1.97. The van der Waals surface area contributed by atoms with Gasteiger partial charge >= 0.3 is 0 Å². The SMILES string of the molecule is Cc1ncc(CC2(CO)CCOC2)s1. The molecule has 0 aromatic carbocycles. The Balaban J connectivity index is 2.08. The summed E-state index contributed by atoms with van der Waals surface area (Å²) in [5, 5.41) is 10.5. The highest BCUT2D eigenvalue weighted by atomic mass is 32.1. The van der Waals surface area contributed by atoms with Crippen LogP contribution in [-0.4, -0.2) is 29.9 Å². The number of aliphatic hydroxyl groups excluding tert-OH is 1. The quantitative estimate of drug-likeness (QED) is 0.825. The van der Waals surface area contributed by atoms with Crippen molar-refractivity contribution < 1.29 is 9.84 Å². The van der Waals surface area contributed by atoms with Gasteiger partial charge in [0.15, 0.2) is 0 Å². The number of ether oxygens (including phenoxy) is 1. The summed E-state index contributed by atoms with van der Waals surface area (Å²) in [4.78, 5) is 5.47. The molecule has 4 heteroatoms. The van der Waals surface area contributed by atoms with E-state index in [9.17, 15) is 5.11 Å². The summed E-state index contributed by atoms with van der Waals surface area (Å²) in [5.74, 6) is 0. The summed E-state index contributed by atoms with van der Waals surface area (Å²) in [5.41, 5.74) is -0.0427. The summed E-state index contributed by atoms with van der Waals surface area (Å²) in [6, 6.07) is 0. The van der Waals surface area contributed by atoms with E-state index in [0.717, 1.165) is 24.5 Å². The van der Waals surface area contributed by atoms with Gasteiger partial charge in [0.2, 0.25) is 0 Å². The smallest absolute Gasteiger partial charge is 0.0896 e. The molecule has 0 amide bonds. The minimum absolute atomic E-state index is 0.0427. The van der Waals surface area contributed by atoms with Crippen LogP contribution in [0.15, 0.2) is 6.20 Å².